The summed E-state index contributed by atoms with van der Waals surface area (Å²) in [5.74, 6) is -0.124. The van der Waals surface area contributed by atoms with Gasteiger partial charge in [0.25, 0.3) is 5.91 Å². The number of likely N-dealkylation sites (tertiary alicyclic amines) is 1. The number of nitrogens with one attached hydrogen (secondary N) is 1. The van der Waals surface area contributed by atoms with Crippen LogP contribution in [0.2, 0.25) is 0 Å². The first-order valence-corrected chi connectivity index (χ1v) is 6.93. The maximum atomic E-state index is 12.0. The number of pyridine rings is 1. The molecule has 0 saturated carbocycles. The number of aromatic nitrogens is 1. The third kappa shape index (κ3) is 3.92. The lowest BCUT2D eigenvalue weighted by atomic mass is 10.0. The van der Waals surface area contributed by atoms with E-state index in [0.717, 1.165) is 32.5 Å². The van der Waals surface area contributed by atoms with E-state index in [1.165, 1.54) is 6.42 Å². The first-order valence-electron chi connectivity index (χ1n) is 6.93. The summed E-state index contributed by atoms with van der Waals surface area (Å²) in [7, 11) is 0. The molecule has 1 aromatic rings. The number of nitrogen functional groups attached to an aromatic ring is 1. The van der Waals surface area contributed by atoms with Crippen LogP contribution in [0.1, 0.15) is 36.7 Å². The highest BCUT2D eigenvalue weighted by atomic mass is 16.1. The molecular weight excluding hydrogens is 240 g/mol. The lowest BCUT2D eigenvalue weighted by Gasteiger charge is -2.31. The Kier molecular flexibility index (Phi) is 4.74. The minimum atomic E-state index is -0.124. The van der Waals surface area contributed by atoms with Crippen LogP contribution in [0.25, 0.3) is 0 Å². The molecule has 1 saturated heterocycles. The summed E-state index contributed by atoms with van der Waals surface area (Å²) in [4.78, 5) is 18.5. The van der Waals surface area contributed by atoms with Crippen LogP contribution in [0.4, 0.5) is 5.69 Å². The van der Waals surface area contributed by atoms with E-state index in [2.05, 4.69) is 22.1 Å². The van der Waals surface area contributed by atoms with Gasteiger partial charge in [-0.25, -0.2) is 0 Å². The number of piperidine rings is 1. The Labute approximate surface area is 114 Å². The molecule has 104 valence electrons. The normalized spacial score (nSPS) is 17.3. The highest BCUT2D eigenvalue weighted by Gasteiger charge is 2.20. The van der Waals surface area contributed by atoms with E-state index in [-0.39, 0.29) is 11.9 Å². The second-order valence-electron chi connectivity index (χ2n) is 5.06. The number of amides is 1. The Morgan fingerprint density at radius 1 is 1.53 bits per heavy atom. The Morgan fingerprint density at radius 2 is 2.26 bits per heavy atom. The molecular formula is C14H22N4O. The van der Waals surface area contributed by atoms with Crippen LogP contribution in [0.5, 0.6) is 0 Å². The first kappa shape index (κ1) is 13.8. The third-order valence-electron chi connectivity index (χ3n) is 3.48. The number of rotatable bonds is 4. The molecule has 0 aliphatic carbocycles. The zero-order valence-corrected chi connectivity index (χ0v) is 11.4. The molecule has 1 aromatic heterocycles. The molecule has 3 N–H and O–H groups in total. The van der Waals surface area contributed by atoms with Crippen LogP contribution < -0.4 is 11.1 Å². The van der Waals surface area contributed by atoms with Gasteiger partial charge >= 0.3 is 0 Å². The summed E-state index contributed by atoms with van der Waals surface area (Å²) in [6, 6.07) is 3.55. The number of carbonyl (C=O) groups is 1. The standard InChI is InChI=1S/C14H22N4O/c1-2-7-18-8-4-12(5-9-18)17-14(19)13-10-11(15)3-6-16-13/h3,6,10,12H,2,4-5,7-9H2,1H3,(H2,15,16)(H,17,19). The zero-order valence-electron chi connectivity index (χ0n) is 11.4. The van der Waals surface area contributed by atoms with Gasteiger partial charge < -0.3 is 16.0 Å². The quantitative estimate of drug-likeness (QED) is 0.857. The van der Waals surface area contributed by atoms with Gasteiger partial charge in [-0.3, -0.25) is 9.78 Å². The van der Waals surface area contributed by atoms with Crippen LogP contribution in [-0.2, 0) is 0 Å². The number of hydrogen-bond donors (Lipinski definition) is 2. The molecule has 0 radical (unpaired) electrons. The summed E-state index contributed by atoms with van der Waals surface area (Å²) in [5.41, 5.74) is 6.62. The van der Waals surface area contributed by atoms with Gasteiger partial charge in [0.05, 0.1) is 0 Å². The molecule has 0 spiro atoms. The van der Waals surface area contributed by atoms with E-state index in [1.54, 1.807) is 18.3 Å². The maximum absolute atomic E-state index is 12.0. The Balaban J connectivity index is 1.84. The van der Waals surface area contributed by atoms with Crippen molar-refractivity contribution in [2.24, 2.45) is 0 Å². The van der Waals surface area contributed by atoms with Crippen LogP contribution >= 0.6 is 0 Å². The van der Waals surface area contributed by atoms with Crippen LogP contribution in [0, 0.1) is 0 Å². The summed E-state index contributed by atoms with van der Waals surface area (Å²) in [6.07, 6.45) is 4.76. The lowest BCUT2D eigenvalue weighted by Crippen LogP contribution is -2.44. The van der Waals surface area contributed by atoms with Crippen LogP contribution in [-0.4, -0.2) is 41.5 Å². The van der Waals surface area contributed by atoms with Gasteiger partial charge in [0.1, 0.15) is 5.69 Å². The van der Waals surface area contributed by atoms with Gasteiger partial charge in [-0.2, -0.15) is 0 Å². The van der Waals surface area contributed by atoms with Crippen molar-refractivity contribution in [2.75, 3.05) is 25.4 Å². The predicted molar refractivity (Wildman–Crippen MR) is 75.9 cm³/mol. The van der Waals surface area contributed by atoms with Gasteiger partial charge in [-0.15, -0.1) is 0 Å². The van der Waals surface area contributed by atoms with E-state index in [1.807, 2.05) is 0 Å². The van der Waals surface area contributed by atoms with E-state index in [9.17, 15) is 4.79 Å². The minimum Gasteiger partial charge on any atom is -0.399 e. The average molecular weight is 262 g/mol. The number of hydrogen-bond acceptors (Lipinski definition) is 4. The van der Waals surface area contributed by atoms with Crippen molar-refractivity contribution in [2.45, 2.75) is 32.2 Å². The molecule has 0 atom stereocenters. The van der Waals surface area contributed by atoms with Crippen molar-refractivity contribution in [3.8, 4) is 0 Å². The molecule has 5 nitrogen and oxygen atoms in total. The predicted octanol–water partition coefficient (Wildman–Crippen LogP) is 1.27. The fraction of sp³-hybridized carbons (Fsp3) is 0.571. The van der Waals surface area contributed by atoms with Gasteiger partial charge in [-0.05, 0) is 37.9 Å². The minimum absolute atomic E-state index is 0.124. The van der Waals surface area contributed by atoms with Gasteiger partial charge in [0.15, 0.2) is 0 Å². The molecule has 2 rings (SSSR count). The van der Waals surface area contributed by atoms with Crippen molar-refractivity contribution in [1.29, 1.82) is 0 Å². The molecule has 1 amide bonds. The van der Waals surface area contributed by atoms with Crippen molar-refractivity contribution >= 4 is 11.6 Å². The summed E-state index contributed by atoms with van der Waals surface area (Å²) < 4.78 is 0. The smallest absolute Gasteiger partial charge is 0.270 e. The molecule has 0 bridgehead atoms. The summed E-state index contributed by atoms with van der Waals surface area (Å²) in [6.45, 7) is 5.46. The highest BCUT2D eigenvalue weighted by molar-refractivity contribution is 5.93. The monoisotopic (exact) mass is 262 g/mol. The van der Waals surface area contributed by atoms with Crippen molar-refractivity contribution in [3.05, 3.63) is 24.0 Å². The Hall–Kier alpha value is -1.62. The molecule has 5 heteroatoms. The molecule has 1 fully saturated rings. The van der Waals surface area contributed by atoms with Crippen LogP contribution in [0.15, 0.2) is 18.3 Å². The first-order chi connectivity index (χ1) is 9.19. The van der Waals surface area contributed by atoms with Crippen molar-refractivity contribution < 1.29 is 4.79 Å². The lowest BCUT2D eigenvalue weighted by molar-refractivity contribution is 0.0906. The van der Waals surface area contributed by atoms with Gasteiger partial charge in [0.2, 0.25) is 0 Å². The maximum Gasteiger partial charge on any atom is 0.270 e. The fourth-order valence-corrected chi connectivity index (χ4v) is 2.45. The second-order valence-corrected chi connectivity index (χ2v) is 5.06. The third-order valence-corrected chi connectivity index (χ3v) is 3.48. The number of carbonyl (C=O) groups excluding carboxylic acids is 1. The molecule has 2 heterocycles. The fourth-order valence-electron chi connectivity index (χ4n) is 2.45. The van der Waals surface area contributed by atoms with Crippen molar-refractivity contribution in [1.82, 2.24) is 15.2 Å². The summed E-state index contributed by atoms with van der Waals surface area (Å²) in [5, 5.41) is 3.04. The van der Waals surface area contributed by atoms with E-state index in [4.69, 9.17) is 5.73 Å². The summed E-state index contributed by atoms with van der Waals surface area (Å²) >= 11 is 0. The Morgan fingerprint density at radius 3 is 2.89 bits per heavy atom. The van der Waals surface area contributed by atoms with Gasteiger partial charge in [-0.1, -0.05) is 6.92 Å². The number of nitrogens with two attached hydrogens (primary N) is 1. The van der Waals surface area contributed by atoms with E-state index >= 15 is 0 Å². The number of anilines is 1. The number of nitrogens with zero attached hydrogens (tertiary/aromatic N) is 2. The second kappa shape index (κ2) is 6.52. The van der Waals surface area contributed by atoms with Gasteiger partial charge in [0, 0.05) is 31.0 Å². The molecule has 0 unspecified atom stereocenters. The SMILES string of the molecule is CCCN1CCC(NC(=O)c2cc(N)ccn2)CC1. The molecule has 0 aromatic carbocycles. The Bertz CT molecular complexity index is 427. The van der Waals surface area contributed by atoms with E-state index < -0.39 is 0 Å². The molecule has 1 aliphatic rings. The highest BCUT2D eigenvalue weighted by Crippen LogP contribution is 2.11. The molecule has 19 heavy (non-hydrogen) atoms. The van der Waals surface area contributed by atoms with Crippen molar-refractivity contribution in [3.63, 3.8) is 0 Å². The zero-order chi connectivity index (χ0) is 13.7. The molecule has 1 aliphatic heterocycles. The average Bonchev–Trinajstić information content (AvgIpc) is 2.41. The topological polar surface area (TPSA) is 71.2 Å². The van der Waals surface area contributed by atoms with E-state index in [0.29, 0.717) is 11.4 Å². The largest absolute Gasteiger partial charge is 0.399 e. The van der Waals surface area contributed by atoms with Crippen LogP contribution in [0.3, 0.4) is 0 Å².